The van der Waals surface area contributed by atoms with Crippen LogP contribution in [0.2, 0.25) is 0 Å². The Morgan fingerprint density at radius 3 is 2.30 bits per heavy atom. The zero-order chi connectivity index (χ0) is 14.1. The number of hydrogen-bond donors (Lipinski definition) is 2. The topological polar surface area (TPSA) is 58.6 Å². The van der Waals surface area contributed by atoms with E-state index in [0.717, 1.165) is 11.8 Å². The summed E-state index contributed by atoms with van der Waals surface area (Å²) in [4.78, 5) is 12.6. The number of nitrogens with one attached hydrogen (secondary N) is 1. The summed E-state index contributed by atoms with van der Waals surface area (Å²) in [5, 5.41) is 12.2. The maximum atomic E-state index is 12.6. The van der Waals surface area contributed by atoms with Crippen LogP contribution in [0.15, 0.2) is 0 Å². The Balaban J connectivity index is 1.62. The predicted molar refractivity (Wildman–Crippen MR) is 76.0 cm³/mol. The van der Waals surface area contributed by atoms with Gasteiger partial charge in [0.15, 0.2) is 0 Å². The van der Waals surface area contributed by atoms with Crippen molar-refractivity contribution < 1.29 is 14.6 Å². The highest BCUT2D eigenvalue weighted by Gasteiger charge is 2.50. The van der Waals surface area contributed by atoms with E-state index in [1.165, 1.54) is 32.1 Å². The third-order valence-electron chi connectivity index (χ3n) is 5.72. The Labute approximate surface area is 121 Å². The molecule has 4 aliphatic rings. The van der Waals surface area contributed by atoms with E-state index in [1.807, 2.05) is 0 Å². The van der Waals surface area contributed by atoms with Crippen molar-refractivity contribution in [3.63, 3.8) is 0 Å². The van der Waals surface area contributed by atoms with Crippen molar-refractivity contribution in [2.24, 2.45) is 29.6 Å². The summed E-state index contributed by atoms with van der Waals surface area (Å²) in [5.41, 5.74) is 0. The molecule has 0 spiro atoms. The molecule has 4 rings (SSSR count). The number of aliphatic hydroxyl groups excluding tert-OH is 1. The number of carbonyl (C=O) groups excluding carboxylic acids is 1. The van der Waals surface area contributed by atoms with E-state index < -0.39 is 0 Å². The second-order valence-corrected chi connectivity index (χ2v) is 7.13. The fraction of sp³-hybridized carbons (Fsp3) is 0.938. The van der Waals surface area contributed by atoms with Gasteiger partial charge in [-0.25, -0.2) is 0 Å². The second kappa shape index (κ2) is 6.02. The van der Waals surface area contributed by atoms with Crippen molar-refractivity contribution >= 4 is 5.91 Å². The molecule has 4 nitrogen and oxygen atoms in total. The average molecular weight is 281 g/mol. The van der Waals surface area contributed by atoms with Gasteiger partial charge in [-0.3, -0.25) is 4.79 Å². The highest BCUT2D eigenvalue weighted by Crippen LogP contribution is 2.56. The fourth-order valence-corrected chi connectivity index (χ4v) is 5.20. The normalized spacial score (nSPS) is 39.8. The lowest BCUT2D eigenvalue weighted by molar-refractivity contribution is -0.139. The van der Waals surface area contributed by atoms with Gasteiger partial charge in [0.05, 0.1) is 12.6 Å². The van der Waals surface area contributed by atoms with Gasteiger partial charge in [-0.15, -0.1) is 0 Å². The van der Waals surface area contributed by atoms with E-state index in [2.05, 4.69) is 5.32 Å². The minimum absolute atomic E-state index is 0.0466. The number of aliphatic hydroxyl groups is 1. The average Bonchev–Trinajstić information content (AvgIpc) is 2.37. The maximum Gasteiger partial charge on any atom is 0.223 e. The molecule has 20 heavy (non-hydrogen) atoms. The Kier molecular flexibility index (Phi) is 4.32. The van der Waals surface area contributed by atoms with Gasteiger partial charge < -0.3 is 15.2 Å². The van der Waals surface area contributed by atoms with Gasteiger partial charge in [0, 0.05) is 19.6 Å². The maximum absolute atomic E-state index is 12.6. The largest absolute Gasteiger partial charge is 0.396 e. The molecular formula is C16H27NO3. The lowest BCUT2D eigenvalue weighted by atomic mass is 9.51. The molecule has 114 valence electrons. The van der Waals surface area contributed by atoms with Crippen LogP contribution in [0.4, 0.5) is 0 Å². The zero-order valence-electron chi connectivity index (χ0n) is 12.4. The van der Waals surface area contributed by atoms with Crippen molar-refractivity contribution in [2.45, 2.75) is 44.6 Å². The molecule has 0 heterocycles. The van der Waals surface area contributed by atoms with Crippen LogP contribution in [-0.2, 0) is 9.53 Å². The van der Waals surface area contributed by atoms with Gasteiger partial charge in [0.1, 0.15) is 0 Å². The summed E-state index contributed by atoms with van der Waals surface area (Å²) in [5.74, 6) is 3.46. The third-order valence-corrected chi connectivity index (χ3v) is 5.72. The Bertz CT molecular complexity index is 324. The molecule has 1 amide bonds. The summed E-state index contributed by atoms with van der Waals surface area (Å²) < 4.78 is 5.14. The molecule has 0 aliphatic heterocycles. The standard InChI is InChI=1S/C16H27NO3/c1-20-9-14(2-3-18)17-16(19)15-12-5-10-4-11(7-12)8-13(15)6-10/h10-15,18H,2-9H2,1H3,(H,17,19). The van der Waals surface area contributed by atoms with Crippen LogP contribution in [0.25, 0.3) is 0 Å². The van der Waals surface area contributed by atoms with Gasteiger partial charge in [0.2, 0.25) is 5.91 Å². The number of ether oxygens (including phenoxy) is 1. The van der Waals surface area contributed by atoms with E-state index in [1.54, 1.807) is 7.11 Å². The first-order valence-electron chi connectivity index (χ1n) is 8.11. The van der Waals surface area contributed by atoms with Crippen LogP contribution in [0.3, 0.4) is 0 Å². The van der Waals surface area contributed by atoms with E-state index in [-0.39, 0.29) is 24.5 Å². The van der Waals surface area contributed by atoms with Crippen LogP contribution in [0.1, 0.15) is 38.5 Å². The van der Waals surface area contributed by atoms with Crippen molar-refractivity contribution in [1.29, 1.82) is 0 Å². The summed E-state index contributed by atoms with van der Waals surface area (Å²) in [7, 11) is 1.64. The second-order valence-electron chi connectivity index (χ2n) is 7.13. The smallest absolute Gasteiger partial charge is 0.223 e. The van der Waals surface area contributed by atoms with Gasteiger partial charge >= 0.3 is 0 Å². The van der Waals surface area contributed by atoms with Crippen LogP contribution in [0.5, 0.6) is 0 Å². The molecule has 0 aromatic rings. The van der Waals surface area contributed by atoms with Crippen LogP contribution in [-0.4, -0.2) is 37.4 Å². The highest BCUT2D eigenvalue weighted by molar-refractivity contribution is 5.80. The first-order valence-corrected chi connectivity index (χ1v) is 8.11. The molecule has 0 radical (unpaired) electrons. The number of methoxy groups -OCH3 is 1. The first-order chi connectivity index (χ1) is 9.71. The summed E-state index contributed by atoms with van der Waals surface area (Å²) in [6.45, 7) is 0.579. The Morgan fingerprint density at radius 1 is 1.20 bits per heavy atom. The predicted octanol–water partition coefficient (Wildman–Crippen LogP) is 1.57. The summed E-state index contributed by atoms with van der Waals surface area (Å²) >= 11 is 0. The van der Waals surface area contributed by atoms with E-state index in [9.17, 15) is 4.79 Å². The monoisotopic (exact) mass is 281 g/mol. The molecule has 4 fully saturated rings. The number of rotatable bonds is 6. The minimum Gasteiger partial charge on any atom is -0.396 e. The van der Waals surface area contributed by atoms with Crippen LogP contribution in [0, 0.1) is 29.6 Å². The molecule has 0 aromatic carbocycles. The van der Waals surface area contributed by atoms with E-state index >= 15 is 0 Å². The van der Waals surface area contributed by atoms with E-state index in [0.29, 0.717) is 24.9 Å². The van der Waals surface area contributed by atoms with E-state index in [4.69, 9.17) is 9.84 Å². The zero-order valence-corrected chi connectivity index (χ0v) is 12.4. The molecular weight excluding hydrogens is 254 g/mol. The minimum atomic E-state index is -0.0466. The summed E-state index contributed by atoms with van der Waals surface area (Å²) in [6, 6.07) is -0.0466. The number of amides is 1. The Morgan fingerprint density at radius 2 is 1.80 bits per heavy atom. The molecule has 1 unspecified atom stereocenters. The van der Waals surface area contributed by atoms with Crippen LogP contribution < -0.4 is 5.32 Å². The number of hydrogen-bond acceptors (Lipinski definition) is 3. The SMILES string of the molecule is COCC(CCO)NC(=O)C1C2CC3CC(C2)CC1C3. The van der Waals surface area contributed by atoms with Crippen LogP contribution >= 0.6 is 0 Å². The molecule has 4 saturated carbocycles. The van der Waals surface area contributed by atoms with Gasteiger partial charge in [-0.1, -0.05) is 0 Å². The van der Waals surface area contributed by atoms with Crippen molar-refractivity contribution in [1.82, 2.24) is 5.32 Å². The lowest BCUT2D eigenvalue weighted by Gasteiger charge is -2.53. The molecule has 4 bridgehead atoms. The van der Waals surface area contributed by atoms with Gasteiger partial charge in [-0.2, -0.15) is 0 Å². The molecule has 1 atom stereocenters. The molecule has 4 heteroatoms. The quantitative estimate of drug-likeness (QED) is 0.777. The highest BCUT2D eigenvalue weighted by atomic mass is 16.5. The van der Waals surface area contributed by atoms with Gasteiger partial charge in [-0.05, 0) is 62.2 Å². The summed E-state index contributed by atoms with van der Waals surface area (Å²) in [6.07, 6.45) is 7.05. The first kappa shape index (κ1) is 14.3. The molecule has 4 aliphatic carbocycles. The van der Waals surface area contributed by atoms with Crippen molar-refractivity contribution in [2.75, 3.05) is 20.3 Å². The fourth-order valence-electron chi connectivity index (χ4n) is 5.20. The molecule has 0 aromatic heterocycles. The molecule has 0 saturated heterocycles. The Hall–Kier alpha value is -0.610. The van der Waals surface area contributed by atoms with Crippen molar-refractivity contribution in [3.05, 3.63) is 0 Å². The third kappa shape index (κ3) is 2.73. The number of carbonyl (C=O) groups is 1. The lowest BCUT2D eigenvalue weighted by Crippen LogP contribution is -2.53. The van der Waals surface area contributed by atoms with Crippen molar-refractivity contribution in [3.8, 4) is 0 Å². The molecule has 2 N–H and O–H groups in total. The van der Waals surface area contributed by atoms with Gasteiger partial charge in [0.25, 0.3) is 0 Å².